The Bertz CT molecular complexity index is 786. The zero-order chi connectivity index (χ0) is 19.3. The molecule has 0 spiro atoms. The third-order valence-electron chi connectivity index (χ3n) is 4.75. The summed E-state index contributed by atoms with van der Waals surface area (Å²) in [4.78, 5) is 25.5. The monoisotopic (exact) mass is 586 g/mol. The number of amides is 1. The van der Waals surface area contributed by atoms with Gasteiger partial charge in [0, 0.05) is 24.0 Å². The summed E-state index contributed by atoms with van der Waals surface area (Å²) in [6.45, 7) is 0. The quantitative estimate of drug-likeness (QED) is 0.253. The minimum atomic E-state index is -0.122. The van der Waals surface area contributed by atoms with Crippen LogP contribution in [-0.2, 0) is 0 Å². The number of pyridine rings is 1. The predicted molar refractivity (Wildman–Crippen MR) is 124 cm³/mol. The summed E-state index contributed by atoms with van der Waals surface area (Å²) in [5.41, 5.74) is 1.22. The molecule has 5 nitrogen and oxygen atoms in total. The number of rotatable bonds is 3. The fourth-order valence-corrected chi connectivity index (χ4v) is 4.41. The minimum Gasteiger partial charge on any atom is -0.348 e. The van der Waals surface area contributed by atoms with E-state index in [0.717, 1.165) is 54.2 Å². The molecule has 2 heterocycles. The van der Waals surface area contributed by atoms with Crippen molar-refractivity contribution in [1.82, 2.24) is 20.3 Å². The van der Waals surface area contributed by atoms with Crippen LogP contribution in [0.25, 0.3) is 11.4 Å². The van der Waals surface area contributed by atoms with E-state index in [1.54, 1.807) is 18.5 Å². The summed E-state index contributed by atoms with van der Waals surface area (Å²) in [7, 11) is 6.30. The van der Waals surface area contributed by atoms with Crippen LogP contribution in [0.5, 0.6) is 0 Å². The number of carbonyl (C=O) groups excluding carboxylic acids is 1. The van der Waals surface area contributed by atoms with Gasteiger partial charge in [0.15, 0.2) is 5.82 Å². The third kappa shape index (κ3) is 6.37. The van der Waals surface area contributed by atoms with E-state index < -0.39 is 0 Å². The van der Waals surface area contributed by atoms with E-state index in [1.807, 2.05) is 12.1 Å². The number of halogens is 2. The largest absolute Gasteiger partial charge is 0.348 e. The van der Waals surface area contributed by atoms with Gasteiger partial charge in [0.25, 0.3) is 5.91 Å². The fraction of sp³-hybridized carbons (Fsp3) is 0.474. The Labute approximate surface area is 188 Å². The zero-order valence-corrected chi connectivity index (χ0v) is 19.3. The predicted octanol–water partition coefficient (Wildman–Crippen LogP) is 4.29. The van der Waals surface area contributed by atoms with Crippen molar-refractivity contribution in [1.29, 1.82) is 0 Å². The Hall–Kier alpha value is -0.775. The smallest absolute Gasteiger partial charge is 0.270 e. The van der Waals surface area contributed by atoms with Gasteiger partial charge in [-0.2, -0.15) is 0 Å². The van der Waals surface area contributed by atoms with Crippen molar-refractivity contribution < 1.29 is 4.79 Å². The highest BCUT2D eigenvalue weighted by Gasteiger charge is 2.23. The first-order valence-electron chi connectivity index (χ1n) is 9.17. The lowest BCUT2D eigenvalue weighted by molar-refractivity contribution is 0.0927. The molecule has 0 aromatic carbocycles. The summed E-state index contributed by atoms with van der Waals surface area (Å²) in [5.74, 6) is 0.490. The van der Waals surface area contributed by atoms with Gasteiger partial charge in [-0.25, -0.2) is 9.97 Å². The van der Waals surface area contributed by atoms with E-state index in [9.17, 15) is 4.79 Å². The van der Waals surface area contributed by atoms with Gasteiger partial charge in [-0.1, -0.05) is 41.9 Å². The van der Waals surface area contributed by atoms with Crippen molar-refractivity contribution in [2.24, 2.45) is 0 Å². The van der Waals surface area contributed by atoms with E-state index in [4.69, 9.17) is 7.85 Å². The van der Waals surface area contributed by atoms with E-state index in [1.165, 1.54) is 0 Å². The molecule has 2 aromatic heterocycles. The highest BCUT2D eigenvalue weighted by molar-refractivity contribution is 14.1. The summed E-state index contributed by atoms with van der Waals surface area (Å²) in [6.07, 6.45) is 10.6. The summed E-state index contributed by atoms with van der Waals surface area (Å²) >= 11 is 4.52. The van der Waals surface area contributed by atoms with Crippen molar-refractivity contribution in [3.8, 4) is 11.4 Å². The van der Waals surface area contributed by atoms with Crippen molar-refractivity contribution in [3.05, 3.63) is 40.0 Å². The number of aromatic nitrogens is 3. The van der Waals surface area contributed by atoms with Crippen LogP contribution in [0.15, 0.2) is 30.6 Å². The number of hydrogen-bond donors (Lipinski definition) is 1. The average Bonchev–Trinajstić information content (AvgIpc) is 2.72. The lowest BCUT2D eigenvalue weighted by atomic mass is 9.79. The molecule has 2 aromatic rings. The average molecular weight is 586 g/mol. The molecule has 0 saturated heterocycles. The molecule has 1 N–H and O–H groups in total. The van der Waals surface area contributed by atoms with Crippen molar-refractivity contribution >= 4 is 58.9 Å². The minimum absolute atomic E-state index is 0.106. The van der Waals surface area contributed by atoms with E-state index >= 15 is 0 Å². The van der Waals surface area contributed by atoms with Crippen molar-refractivity contribution in [3.63, 3.8) is 0 Å². The maximum absolute atomic E-state index is 12.6. The van der Waals surface area contributed by atoms with Gasteiger partial charge in [-0.3, -0.25) is 9.78 Å². The van der Waals surface area contributed by atoms with Crippen LogP contribution in [0.2, 0.25) is 0 Å². The van der Waals surface area contributed by atoms with Crippen LogP contribution in [0.1, 0.15) is 55.4 Å². The number of alkyl halides is 1. The van der Waals surface area contributed by atoms with Gasteiger partial charge < -0.3 is 5.32 Å². The molecule has 3 rings (SSSR count). The summed E-state index contributed by atoms with van der Waals surface area (Å²) in [5, 5.41) is 3.15. The van der Waals surface area contributed by atoms with Crippen molar-refractivity contribution in [2.75, 3.05) is 0 Å². The third-order valence-corrected chi connectivity index (χ3v) is 6.43. The molecule has 2 unspecified atom stereocenters. The number of carbonyl (C=O) groups is 1. The SMILES string of the molecule is [B]C1(I)CCCCC(NC(=O)c2ccc(-c3nccc(I)n3)cn2)CCC1. The number of nitrogens with zero attached hydrogens (tertiary/aromatic N) is 3. The lowest BCUT2D eigenvalue weighted by Gasteiger charge is -2.22. The van der Waals surface area contributed by atoms with Gasteiger partial charge in [-0.05, 0) is 69.8 Å². The second-order valence-electron chi connectivity index (χ2n) is 6.98. The second kappa shape index (κ2) is 9.62. The Morgan fingerprint density at radius 2 is 1.93 bits per heavy atom. The molecule has 2 radical (unpaired) electrons. The molecule has 8 heteroatoms. The van der Waals surface area contributed by atoms with Crippen LogP contribution in [-0.4, -0.2) is 38.1 Å². The Kier molecular flexibility index (Phi) is 7.46. The maximum atomic E-state index is 12.6. The molecule has 0 bridgehead atoms. The topological polar surface area (TPSA) is 67.8 Å². The molecule has 1 fully saturated rings. The van der Waals surface area contributed by atoms with Gasteiger partial charge >= 0.3 is 0 Å². The van der Waals surface area contributed by atoms with Crippen LogP contribution in [0.4, 0.5) is 0 Å². The lowest BCUT2D eigenvalue weighted by Crippen LogP contribution is -2.35. The highest BCUT2D eigenvalue weighted by atomic mass is 127. The normalized spacial score (nSPS) is 23.7. The summed E-state index contributed by atoms with van der Waals surface area (Å²) < 4.78 is 0.762. The van der Waals surface area contributed by atoms with E-state index in [2.05, 4.69) is 65.5 Å². The van der Waals surface area contributed by atoms with Gasteiger partial charge in [0.2, 0.25) is 0 Å². The van der Waals surface area contributed by atoms with Crippen LogP contribution in [0, 0.1) is 3.70 Å². The molecule has 1 saturated carbocycles. The second-order valence-corrected chi connectivity index (χ2v) is 10.2. The van der Waals surface area contributed by atoms with Gasteiger partial charge in [0.05, 0.1) is 7.85 Å². The first-order valence-corrected chi connectivity index (χ1v) is 11.3. The molecular weight excluding hydrogens is 565 g/mol. The first-order chi connectivity index (χ1) is 12.9. The standard InChI is InChI=1S/C19H21BI2N4O/c20-19(22)9-2-1-4-14(5-3-10-19)25-18(27)15-7-6-13(12-24-15)17-23-11-8-16(21)26-17/h6-8,11-12,14H,1-5,9-10H2,(H,25,27). The molecule has 140 valence electrons. The molecule has 1 aliphatic carbocycles. The zero-order valence-electron chi connectivity index (χ0n) is 15.0. The molecular formula is C19H21BI2N4O. The Morgan fingerprint density at radius 1 is 1.15 bits per heavy atom. The Balaban J connectivity index is 1.62. The molecule has 0 aliphatic heterocycles. The van der Waals surface area contributed by atoms with E-state index in [-0.39, 0.29) is 15.3 Å². The Morgan fingerprint density at radius 3 is 2.67 bits per heavy atom. The summed E-state index contributed by atoms with van der Waals surface area (Å²) in [6, 6.07) is 5.60. The maximum Gasteiger partial charge on any atom is 0.270 e. The van der Waals surface area contributed by atoms with Crippen LogP contribution >= 0.6 is 45.2 Å². The first kappa shape index (κ1) is 20.9. The van der Waals surface area contributed by atoms with Crippen LogP contribution < -0.4 is 5.32 Å². The van der Waals surface area contributed by atoms with Gasteiger partial charge in [-0.15, -0.1) is 0 Å². The highest BCUT2D eigenvalue weighted by Crippen LogP contribution is 2.30. The molecule has 27 heavy (non-hydrogen) atoms. The van der Waals surface area contributed by atoms with Gasteiger partial charge in [0.1, 0.15) is 9.39 Å². The van der Waals surface area contributed by atoms with E-state index in [0.29, 0.717) is 11.5 Å². The van der Waals surface area contributed by atoms with Crippen molar-refractivity contribution in [2.45, 2.75) is 54.3 Å². The molecule has 1 aliphatic rings. The number of nitrogens with one attached hydrogen (secondary N) is 1. The van der Waals surface area contributed by atoms with Crippen LogP contribution in [0.3, 0.4) is 0 Å². The number of hydrogen-bond acceptors (Lipinski definition) is 4. The molecule has 2 atom stereocenters. The molecule has 1 amide bonds. The fourth-order valence-electron chi connectivity index (χ4n) is 3.26.